The molecule has 0 aliphatic carbocycles. The summed E-state index contributed by atoms with van der Waals surface area (Å²) in [5.74, 6) is -0.272. The van der Waals surface area contributed by atoms with E-state index in [-0.39, 0.29) is 18.9 Å². The predicted octanol–water partition coefficient (Wildman–Crippen LogP) is 9.99. The van der Waals surface area contributed by atoms with E-state index in [4.69, 9.17) is 18.9 Å². The van der Waals surface area contributed by atoms with Gasteiger partial charge >= 0.3 is 0 Å². The van der Waals surface area contributed by atoms with Gasteiger partial charge in [-0.15, -0.1) is 0 Å². The maximum Gasteiger partial charge on any atom is 0.220 e. The number of carbonyl (C=O) groups is 1. The van der Waals surface area contributed by atoms with E-state index in [0.29, 0.717) is 12.8 Å². The van der Waals surface area contributed by atoms with E-state index >= 15 is 0 Å². The Hall–Kier alpha value is -3.87. The molecule has 78 heavy (non-hydrogen) atoms. The molecule has 2 aliphatic rings. The molecule has 2 fully saturated rings. The maximum absolute atomic E-state index is 13.2. The summed E-state index contributed by atoms with van der Waals surface area (Å²) >= 11 is 0. The molecule has 1 amide bonds. The van der Waals surface area contributed by atoms with Crippen LogP contribution >= 0.6 is 0 Å². The first-order valence-electron chi connectivity index (χ1n) is 29.4. The van der Waals surface area contributed by atoms with Gasteiger partial charge in [0.2, 0.25) is 5.91 Å². The highest BCUT2D eigenvalue weighted by atomic mass is 16.7. The Labute approximate surface area is 469 Å². The molecule has 0 spiro atoms. The van der Waals surface area contributed by atoms with E-state index in [9.17, 15) is 45.6 Å². The summed E-state index contributed by atoms with van der Waals surface area (Å²) < 4.78 is 22.7. The van der Waals surface area contributed by atoms with Gasteiger partial charge in [0.25, 0.3) is 0 Å². The van der Waals surface area contributed by atoms with Crippen molar-refractivity contribution in [3.63, 3.8) is 0 Å². The second kappa shape index (κ2) is 47.9. The number of aliphatic hydroxyl groups excluding tert-OH is 8. The first kappa shape index (κ1) is 70.2. The van der Waals surface area contributed by atoms with Crippen LogP contribution in [-0.2, 0) is 23.7 Å². The fourth-order valence-corrected chi connectivity index (χ4v) is 8.58. The van der Waals surface area contributed by atoms with E-state index in [2.05, 4.69) is 141 Å². The number of hydrogen-bond donors (Lipinski definition) is 9. The molecule has 0 radical (unpaired) electrons. The van der Waals surface area contributed by atoms with Gasteiger partial charge in [0.1, 0.15) is 48.8 Å². The first-order chi connectivity index (χ1) is 38.1. The van der Waals surface area contributed by atoms with Gasteiger partial charge in [-0.1, -0.05) is 192 Å². The molecule has 2 rings (SSSR count). The molecule has 0 aromatic rings. The molecule has 0 aromatic carbocycles. The number of amides is 1. The average Bonchev–Trinajstić information content (AvgIpc) is 3.47. The van der Waals surface area contributed by atoms with Crippen LogP contribution < -0.4 is 5.32 Å². The highest BCUT2D eigenvalue weighted by Crippen LogP contribution is 2.30. The SMILES string of the molecule is CC/C=C\C/C=C\C/C=C\C/C=C\C/C=C\C/C=C\C/C=C\C/C=C\CCCCCCCCCCC(=O)NC(COC1OC(CO)C(OC2OC(CO)C(O)C(O)C2O)C(O)C1O)C(O)/C=C/CC/C=C/CC/C=C/CCC. The van der Waals surface area contributed by atoms with Gasteiger partial charge in [-0.2, -0.15) is 0 Å². The van der Waals surface area contributed by atoms with E-state index in [1.807, 2.05) is 6.08 Å². The van der Waals surface area contributed by atoms with Crippen molar-refractivity contribution in [2.24, 2.45) is 0 Å². The van der Waals surface area contributed by atoms with Crippen molar-refractivity contribution in [3.8, 4) is 0 Å². The monoisotopic (exact) mass is 1090 g/mol. The van der Waals surface area contributed by atoms with Crippen molar-refractivity contribution in [1.82, 2.24) is 5.32 Å². The van der Waals surface area contributed by atoms with Crippen molar-refractivity contribution < 1.29 is 64.6 Å². The second-order valence-corrected chi connectivity index (χ2v) is 20.0. The molecular weight excluding hydrogens is 991 g/mol. The maximum atomic E-state index is 13.2. The molecule has 442 valence electrons. The number of allylic oxidation sites excluding steroid dienone is 21. The Morgan fingerprint density at radius 1 is 0.474 bits per heavy atom. The second-order valence-electron chi connectivity index (χ2n) is 20.0. The van der Waals surface area contributed by atoms with E-state index in [0.717, 1.165) is 116 Å². The molecule has 0 aromatic heterocycles. The minimum atomic E-state index is -1.80. The van der Waals surface area contributed by atoms with Crippen molar-refractivity contribution in [3.05, 3.63) is 134 Å². The number of aliphatic hydroxyl groups is 8. The van der Waals surface area contributed by atoms with Crippen LogP contribution in [0, 0.1) is 0 Å². The fourth-order valence-electron chi connectivity index (χ4n) is 8.58. The van der Waals surface area contributed by atoms with Gasteiger partial charge in [0.05, 0.1) is 32.0 Å². The molecule has 14 nitrogen and oxygen atoms in total. The van der Waals surface area contributed by atoms with Crippen molar-refractivity contribution in [2.45, 2.75) is 242 Å². The lowest BCUT2D eigenvalue weighted by Crippen LogP contribution is -2.65. The lowest BCUT2D eigenvalue weighted by Gasteiger charge is -2.46. The summed E-state index contributed by atoms with van der Waals surface area (Å²) in [7, 11) is 0. The van der Waals surface area contributed by atoms with Gasteiger partial charge in [-0.3, -0.25) is 4.79 Å². The largest absolute Gasteiger partial charge is 0.394 e. The molecule has 14 heteroatoms. The molecule has 0 saturated carbocycles. The molecule has 0 bridgehead atoms. The van der Waals surface area contributed by atoms with Crippen LogP contribution in [0.2, 0.25) is 0 Å². The van der Waals surface area contributed by atoms with Crippen LogP contribution in [-0.4, -0.2) is 140 Å². The zero-order valence-corrected chi connectivity index (χ0v) is 47.3. The van der Waals surface area contributed by atoms with Crippen LogP contribution in [0.4, 0.5) is 0 Å². The zero-order chi connectivity index (χ0) is 56.7. The highest BCUT2D eigenvalue weighted by Gasteiger charge is 2.51. The number of unbranched alkanes of at least 4 members (excludes halogenated alkanes) is 11. The molecule has 12 atom stereocenters. The summed E-state index contributed by atoms with van der Waals surface area (Å²) in [4.78, 5) is 13.2. The van der Waals surface area contributed by atoms with Crippen LogP contribution in [0.1, 0.15) is 168 Å². The summed E-state index contributed by atoms with van der Waals surface area (Å²) in [5.41, 5.74) is 0. The van der Waals surface area contributed by atoms with E-state index in [1.165, 1.54) is 19.3 Å². The van der Waals surface area contributed by atoms with E-state index < -0.39 is 86.8 Å². The molecular formula is C64H103NO13. The molecule has 2 aliphatic heterocycles. The van der Waals surface area contributed by atoms with Gasteiger partial charge < -0.3 is 65.1 Å². The summed E-state index contributed by atoms with van der Waals surface area (Å²) in [5, 5.41) is 86.8. The predicted molar refractivity (Wildman–Crippen MR) is 313 cm³/mol. The van der Waals surface area contributed by atoms with Crippen LogP contribution in [0.25, 0.3) is 0 Å². The number of nitrogens with one attached hydrogen (secondary N) is 1. The third-order valence-corrected chi connectivity index (χ3v) is 13.3. The Bertz CT molecular complexity index is 1820. The third-order valence-electron chi connectivity index (χ3n) is 13.3. The fraction of sp³-hybridized carbons (Fsp3) is 0.641. The summed E-state index contributed by atoms with van der Waals surface area (Å²) in [6.45, 7) is 2.53. The Kier molecular flexibility index (Phi) is 43.1. The minimum Gasteiger partial charge on any atom is -0.394 e. The Balaban J connectivity index is 1.69. The van der Waals surface area contributed by atoms with Gasteiger partial charge in [0.15, 0.2) is 12.6 Å². The lowest BCUT2D eigenvalue weighted by atomic mass is 9.97. The molecule has 2 saturated heterocycles. The van der Waals surface area contributed by atoms with Crippen molar-refractivity contribution >= 4 is 5.91 Å². The average molecular weight is 1090 g/mol. The first-order valence-corrected chi connectivity index (χ1v) is 29.4. The standard InChI is InChI=1S/C64H103NO13/c1-3-5-7-9-11-13-15-16-17-18-19-20-21-22-23-24-25-26-27-28-29-30-31-32-33-34-35-36-38-40-42-44-46-48-56(69)65-52(53(68)47-45-43-41-39-37-14-12-10-8-6-4-2)51-75-63-61(74)59(72)62(55(50-67)77-63)78-64-60(73)58(71)57(70)54(49-66)76-64/h5,7-8,10-11,13,16-17,19-20,22-23,25-26,28-29,31-32,37,39,45,47,52-55,57-64,66-68,70-74H,3-4,6,9,12,14-15,18,21,24,27,30,33-36,38,40-44,46,48-51H2,1-2H3,(H,65,69)/b7-5-,10-8+,13-11-,17-16-,20-19-,23-22-,26-25-,29-28-,32-31-,39-37+,47-45+. The van der Waals surface area contributed by atoms with Crippen LogP contribution in [0.5, 0.6) is 0 Å². The normalized spacial score (nSPS) is 25.6. The number of carbonyl (C=O) groups excluding carboxylic acids is 1. The summed E-state index contributed by atoms with van der Waals surface area (Å²) in [6.07, 6.45) is 53.6. The smallest absolute Gasteiger partial charge is 0.220 e. The lowest BCUT2D eigenvalue weighted by molar-refractivity contribution is -0.359. The zero-order valence-electron chi connectivity index (χ0n) is 47.3. The molecule has 2 heterocycles. The van der Waals surface area contributed by atoms with Crippen LogP contribution in [0.15, 0.2) is 134 Å². The third kappa shape index (κ3) is 33.0. The summed E-state index contributed by atoms with van der Waals surface area (Å²) in [6, 6.07) is -0.951. The van der Waals surface area contributed by atoms with Crippen molar-refractivity contribution in [2.75, 3.05) is 19.8 Å². The van der Waals surface area contributed by atoms with Crippen LogP contribution in [0.3, 0.4) is 0 Å². The Morgan fingerprint density at radius 2 is 0.897 bits per heavy atom. The minimum absolute atomic E-state index is 0.250. The quantitative estimate of drug-likeness (QED) is 0.0205. The highest BCUT2D eigenvalue weighted by molar-refractivity contribution is 5.76. The van der Waals surface area contributed by atoms with Gasteiger partial charge in [-0.25, -0.2) is 0 Å². The molecule has 12 unspecified atom stereocenters. The Morgan fingerprint density at radius 3 is 1.40 bits per heavy atom. The van der Waals surface area contributed by atoms with E-state index in [1.54, 1.807) is 6.08 Å². The number of rotatable bonds is 44. The number of hydrogen-bond acceptors (Lipinski definition) is 13. The van der Waals surface area contributed by atoms with Gasteiger partial charge in [-0.05, 0) is 103 Å². The number of ether oxygens (including phenoxy) is 4. The molecule has 9 N–H and O–H groups in total. The topological polar surface area (TPSA) is 228 Å². The van der Waals surface area contributed by atoms with Gasteiger partial charge in [0, 0.05) is 6.42 Å². The van der Waals surface area contributed by atoms with Crippen molar-refractivity contribution in [1.29, 1.82) is 0 Å².